The van der Waals surface area contributed by atoms with Crippen LogP contribution in [0.15, 0.2) is 47.2 Å². The number of hydrogen-bond acceptors (Lipinski definition) is 3. The summed E-state index contributed by atoms with van der Waals surface area (Å²) in [5.41, 5.74) is 2.10. The molecule has 0 aliphatic rings. The lowest BCUT2D eigenvalue weighted by molar-refractivity contribution is 0.0978. The lowest BCUT2D eigenvalue weighted by atomic mass is 9.90. The summed E-state index contributed by atoms with van der Waals surface area (Å²) in [5, 5.41) is 9.27. The van der Waals surface area contributed by atoms with Crippen LogP contribution in [0.3, 0.4) is 0 Å². The number of aromatic nitrogens is 1. The molecule has 0 amide bonds. The fourth-order valence-electron chi connectivity index (χ4n) is 1.86. The van der Waals surface area contributed by atoms with Crippen LogP contribution >= 0.6 is 15.9 Å². The van der Waals surface area contributed by atoms with Gasteiger partial charge in [0.25, 0.3) is 0 Å². The summed E-state index contributed by atoms with van der Waals surface area (Å²) in [4.78, 5) is 16.4. The third kappa shape index (κ3) is 2.88. The molecule has 0 N–H and O–H groups in total. The van der Waals surface area contributed by atoms with Crippen LogP contribution in [0.25, 0.3) is 0 Å². The van der Waals surface area contributed by atoms with Crippen LogP contribution in [0.4, 0.5) is 0 Å². The van der Waals surface area contributed by atoms with Crippen molar-refractivity contribution in [2.45, 2.75) is 12.8 Å². The zero-order valence-corrected chi connectivity index (χ0v) is 11.9. The smallest absolute Gasteiger partial charge is 0.184 e. The van der Waals surface area contributed by atoms with Gasteiger partial charge in [-0.2, -0.15) is 5.26 Å². The Bertz CT molecular complexity index is 647. The van der Waals surface area contributed by atoms with Crippen LogP contribution < -0.4 is 0 Å². The topological polar surface area (TPSA) is 53.8 Å². The molecule has 0 saturated heterocycles. The number of aryl methyl sites for hydroxylation is 1. The van der Waals surface area contributed by atoms with Crippen molar-refractivity contribution < 1.29 is 4.79 Å². The van der Waals surface area contributed by atoms with Crippen molar-refractivity contribution in [3.63, 3.8) is 0 Å². The summed E-state index contributed by atoms with van der Waals surface area (Å²) < 4.78 is 0.827. The number of hydrogen-bond donors (Lipinski definition) is 0. The molecule has 4 heteroatoms. The zero-order valence-electron chi connectivity index (χ0n) is 10.3. The predicted octanol–water partition coefficient (Wildman–Crippen LogP) is 3.64. The molecule has 0 radical (unpaired) electrons. The highest BCUT2D eigenvalue weighted by molar-refractivity contribution is 9.10. The number of nitrogens with zero attached hydrogens (tertiary/aromatic N) is 2. The van der Waals surface area contributed by atoms with Crippen molar-refractivity contribution in [3.8, 4) is 6.07 Å². The van der Waals surface area contributed by atoms with Crippen LogP contribution in [0, 0.1) is 18.3 Å². The van der Waals surface area contributed by atoms with E-state index >= 15 is 0 Å². The Hall–Kier alpha value is -1.99. The number of ketones is 1. The Morgan fingerprint density at radius 1 is 1.32 bits per heavy atom. The van der Waals surface area contributed by atoms with Gasteiger partial charge < -0.3 is 0 Å². The van der Waals surface area contributed by atoms with E-state index in [9.17, 15) is 10.1 Å². The summed E-state index contributed by atoms with van der Waals surface area (Å²) in [6.07, 6.45) is 3.17. The van der Waals surface area contributed by atoms with Crippen molar-refractivity contribution in [2.24, 2.45) is 0 Å². The molecule has 1 heterocycles. The van der Waals surface area contributed by atoms with Crippen molar-refractivity contribution in [1.29, 1.82) is 5.26 Å². The molecule has 0 fully saturated rings. The summed E-state index contributed by atoms with van der Waals surface area (Å²) >= 11 is 3.35. The number of nitriles is 1. The Labute approximate surface area is 120 Å². The molecule has 1 atom stereocenters. The van der Waals surface area contributed by atoms with Gasteiger partial charge in [-0.15, -0.1) is 0 Å². The highest BCUT2D eigenvalue weighted by Gasteiger charge is 2.23. The van der Waals surface area contributed by atoms with Gasteiger partial charge in [-0.25, -0.2) is 0 Å². The molecule has 0 saturated carbocycles. The number of Topliss-reactive ketones (excluding diaryl/α,β-unsaturated/α-hetero) is 1. The van der Waals surface area contributed by atoms with Gasteiger partial charge in [0.2, 0.25) is 0 Å². The van der Waals surface area contributed by atoms with Gasteiger partial charge in [0.15, 0.2) is 5.78 Å². The molecular formula is C15H11BrN2O. The van der Waals surface area contributed by atoms with E-state index < -0.39 is 5.92 Å². The molecule has 0 bridgehead atoms. The van der Waals surface area contributed by atoms with Crippen LogP contribution in [-0.2, 0) is 0 Å². The maximum Gasteiger partial charge on any atom is 0.184 e. The second-order valence-electron chi connectivity index (χ2n) is 4.17. The first-order valence-corrected chi connectivity index (χ1v) is 6.52. The normalized spacial score (nSPS) is 11.6. The van der Waals surface area contributed by atoms with Crippen LogP contribution in [0.2, 0.25) is 0 Å². The maximum atomic E-state index is 12.5. The lowest BCUT2D eigenvalue weighted by Crippen LogP contribution is -2.12. The van der Waals surface area contributed by atoms with E-state index in [0.29, 0.717) is 11.1 Å². The molecular weight excluding hydrogens is 304 g/mol. The van der Waals surface area contributed by atoms with Crippen molar-refractivity contribution in [2.75, 3.05) is 0 Å². The number of carbonyl (C=O) groups excluding carboxylic acids is 1. The Balaban J connectivity index is 2.43. The van der Waals surface area contributed by atoms with Gasteiger partial charge in [-0.05, 0) is 42.3 Å². The number of benzene rings is 1. The SMILES string of the molecule is Cc1ccc(Br)cc1C(=O)C(C#N)c1ccncc1. The maximum absolute atomic E-state index is 12.5. The second-order valence-corrected chi connectivity index (χ2v) is 5.08. The summed E-state index contributed by atoms with van der Waals surface area (Å²) in [6.45, 7) is 1.86. The number of halogens is 1. The molecule has 0 aliphatic carbocycles. The minimum absolute atomic E-state index is 0.187. The fraction of sp³-hybridized carbons (Fsp3) is 0.133. The Morgan fingerprint density at radius 2 is 2.00 bits per heavy atom. The molecule has 1 aromatic carbocycles. The average molecular weight is 315 g/mol. The highest BCUT2D eigenvalue weighted by Crippen LogP contribution is 2.24. The minimum Gasteiger partial charge on any atom is -0.292 e. The van der Waals surface area contributed by atoms with Crippen LogP contribution in [0.1, 0.15) is 27.4 Å². The van der Waals surface area contributed by atoms with E-state index in [0.717, 1.165) is 10.0 Å². The van der Waals surface area contributed by atoms with E-state index in [1.54, 1.807) is 30.6 Å². The third-order valence-corrected chi connectivity index (χ3v) is 3.39. The van der Waals surface area contributed by atoms with E-state index in [4.69, 9.17) is 0 Å². The largest absolute Gasteiger partial charge is 0.292 e. The second kappa shape index (κ2) is 5.77. The van der Waals surface area contributed by atoms with Crippen molar-refractivity contribution in [3.05, 3.63) is 63.9 Å². The van der Waals surface area contributed by atoms with Gasteiger partial charge in [0.05, 0.1) is 6.07 Å². The number of rotatable bonds is 3. The first kappa shape index (κ1) is 13.4. The van der Waals surface area contributed by atoms with E-state index in [1.807, 2.05) is 19.1 Å². The molecule has 3 nitrogen and oxygen atoms in total. The number of pyridine rings is 1. The van der Waals surface area contributed by atoms with Gasteiger partial charge >= 0.3 is 0 Å². The standard InChI is InChI=1S/C15H11BrN2O/c1-10-2-3-12(16)8-13(10)15(19)14(9-17)11-4-6-18-7-5-11/h2-8,14H,1H3. The molecule has 1 unspecified atom stereocenters. The minimum atomic E-state index is -0.795. The Morgan fingerprint density at radius 3 is 2.63 bits per heavy atom. The molecule has 19 heavy (non-hydrogen) atoms. The van der Waals surface area contributed by atoms with Gasteiger partial charge in [0.1, 0.15) is 5.92 Å². The van der Waals surface area contributed by atoms with Gasteiger partial charge in [0, 0.05) is 22.4 Å². The highest BCUT2D eigenvalue weighted by atomic mass is 79.9. The lowest BCUT2D eigenvalue weighted by Gasteiger charge is -2.10. The molecule has 2 rings (SSSR count). The summed E-state index contributed by atoms with van der Waals surface area (Å²) in [6, 6.07) is 10.9. The summed E-state index contributed by atoms with van der Waals surface area (Å²) in [5.74, 6) is -0.983. The van der Waals surface area contributed by atoms with E-state index in [2.05, 4.69) is 27.0 Å². The Kier molecular flexibility index (Phi) is 4.08. The van der Waals surface area contributed by atoms with E-state index in [1.165, 1.54) is 0 Å². The third-order valence-electron chi connectivity index (χ3n) is 2.90. The van der Waals surface area contributed by atoms with Crippen LogP contribution in [0.5, 0.6) is 0 Å². The number of carbonyl (C=O) groups is 1. The fourth-order valence-corrected chi connectivity index (χ4v) is 2.22. The predicted molar refractivity (Wildman–Crippen MR) is 75.8 cm³/mol. The van der Waals surface area contributed by atoms with Gasteiger partial charge in [-0.1, -0.05) is 22.0 Å². The molecule has 0 aliphatic heterocycles. The monoisotopic (exact) mass is 314 g/mol. The summed E-state index contributed by atoms with van der Waals surface area (Å²) in [7, 11) is 0. The quantitative estimate of drug-likeness (QED) is 0.813. The van der Waals surface area contributed by atoms with Crippen molar-refractivity contribution in [1.82, 2.24) is 4.98 Å². The first-order valence-electron chi connectivity index (χ1n) is 5.73. The first-order chi connectivity index (χ1) is 9.13. The molecule has 1 aromatic heterocycles. The van der Waals surface area contributed by atoms with Crippen LogP contribution in [-0.4, -0.2) is 10.8 Å². The molecule has 2 aromatic rings. The molecule has 94 valence electrons. The zero-order chi connectivity index (χ0) is 13.8. The van der Waals surface area contributed by atoms with Crippen molar-refractivity contribution >= 4 is 21.7 Å². The average Bonchev–Trinajstić information content (AvgIpc) is 2.43. The molecule has 0 spiro atoms. The van der Waals surface area contributed by atoms with Gasteiger partial charge in [-0.3, -0.25) is 9.78 Å². The van der Waals surface area contributed by atoms with E-state index in [-0.39, 0.29) is 5.78 Å².